The van der Waals surface area contributed by atoms with E-state index in [1.54, 1.807) is 5.12 Å². The lowest BCUT2D eigenvalue weighted by Crippen LogP contribution is -2.54. The first-order valence-electron chi connectivity index (χ1n) is 7.68. The quantitative estimate of drug-likeness (QED) is 0.752. The van der Waals surface area contributed by atoms with Crippen LogP contribution in [0.2, 0.25) is 0 Å². The highest BCUT2D eigenvalue weighted by Gasteiger charge is 2.38. The van der Waals surface area contributed by atoms with Crippen molar-refractivity contribution in [3.05, 3.63) is 35.9 Å². The monoisotopic (exact) mass is 286 g/mol. The summed E-state index contributed by atoms with van der Waals surface area (Å²) < 4.78 is 0. The molecule has 0 amide bonds. The highest BCUT2D eigenvalue weighted by molar-refractivity contribution is 5.88. The molecule has 6 heteroatoms. The van der Waals surface area contributed by atoms with Gasteiger partial charge >= 0.3 is 0 Å². The molecule has 2 fully saturated rings. The summed E-state index contributed by atoms with van der Waals surface area (Å²) in [7, 11) is 1.91. The van der Waals surface area contributed by atoms with Crippen molar-refractivity contribution in [1.29, 1.82) is 0 Å². The summed E-state index contributed by atoms with van der Waals surface area (Å²) in [6, 6.07) is 12.1. The van der Waals surface area contributed by atoms with E-state index in [-0.39, 0.29) is 6.04 Å². The maximum atomic E-state index is 4.58. The largest absolute Gasteiger partial charge is 0.309 e. The molecule has 2 bridgehead atoms. The molecule has 3 N–H and O–H groups in total. The molecule has 0 spiro atoms. The van der Waals surface area contributed by atoms with E-state index in [0.29, 0.717) is 12.1 Å². The van der Waals surface area contributed by atoms with Crippen LogP contribution in [0.25, 0.3) is 0 Å². The Morgan fingerprint density at radius 3 is 2.48 bits per heavy atom. The van der Waals surface area contributed by atoms with Crippen molar-refractivity contribution in [2.24, 2.45) is 5.10 Å². The highest BCUT2D eigenvalue weighted by atomic mass is 15.9. The van der Waals surface area contributed by atoms with E-state index in [1.165, 1.54) is 18.4 Å². The third-order valence-electron chi connectivity index (χ3n) is 4.59. The summed E-state index contributed by atoms with van der Waals surface area (Å²) >= 11 is 0. The summed E-state index contributed by atoms with van der Waals surface area (Å²) in [6.45, 7) is 2.17. The van der Waals surface area contributed by atoms with Crippen LogP contribution in [0.4, 0.5) is 0 Å². The van der Waals surface area contributed by atoms with Crippen LogP contribution in [0.5, 0.6) is 0 Å². The number of nitrogens with one attached hydrogen (secondary N) is 3. The number of amidine groups is 1. The first-order valence-corrected chi connectivity index (χ1v) is 7.68. The molecule has 1 aromatic rings. The molecule has 0 saturated carbocycles. The fourth-order valence-electron chi connectivity index (χ4n) is 3.69. The van der Waals surface area contributed by atoms with E-state index in [9.17, 15) is 0 Å². The van der Waals surface area contributed by atoms with Crippen molar-refractivity contribution in [1.82, 2.24) is 26.3 Å². The van der Waals surface area contributed by atoms with Gasteiger partial charge in [-0.15, -0.1) is 10.6 Å². The molecule has 3 aliphatic rings. The normalized spacial score (nSPS) is 30.1. The molecule has 3 heterocycles. The highest BCUT2D eigenvalue weighted by Crippen LogP contribution is 2.29. The fraction of sp³-hybridized carbons (Fsp3) is 0.533. The van der Waals surface area contributed by atoms with Gasteiger partial charge in [-0.05, 0) is 18.4 Å². The maximum absolute atomic E-state index is 4.58. The van der Waals surface area contributed by atoms with Crippen molar-refractivity contribution in [3.63, 3.8) is 0 Å². The Bertz CT molecular complexity index is 518. The number of hydrogen-bond donors (Lipinski definition) is 3. The van der Waals surface area contributed by atoms with Crippen molar-refractivity contribution >= 4 is 5.84 Å². The lowest BCUT2D eigenvalue weighted by Gasteiger charge is -2.38. The number of nitrogens with zero attached hydrogens (tertiary/aromatic N) is 3. The zero-order valence-electron chi connectivity index (χ0n) is 12.3. The molecule has 21 heavy (non-hydrogen) atoms. The second-order valence-electron chi connectivity index (χ2n) is 6.15. The van der Waals surface area contributed by atoms with E-state index in [4.69, 9.17) is 0 Å². The average Bonchev–Trinajstić information content (AvgIpc) is 3.06. The summed E-state index contributed by atoms with van der Waals surface area (Å²) in [5, 5.41) is 10.00. The van der Waals surface area contributed by atoms with Crippen LogP contribution in [-0.4, -0.2) is 48.1 Å². The smallest absolute Gasteiger partial charge is 0.161 e. The topological polar surface area (TPSA) is 54.9 Å². The third-order valence-corrected chi connectivity index (χ3v) is 4.59. The zero-order valence-corrected chi connectivity index (χ0v) is 12.3. The Morgan fingerprint density at radius 2 is 1.86 bits per heavy atom. The predicted octanol–water partition coefficient (Wildman–Crippen LogP) is 0.432. The van der Waals surface area contributed by atoms with Crippen molar-refractivity contribution in [3.8, 4) is 0 Å². The van der Waals surface area contributed by atoms with Crippen LogP contribution < -0.4 is 16.3 Å². The van der Waals surface area contributed by atoms with Gasteiger partial charge < -0.3 is 5.32 Å². The first kappa shape index (κ1) is 13.1. The van der Waals surface area contributed by atoms with Crippen LogP contribution in [0, 0.1) is 0 Å². The van der Waals surface area contributed by atoms with Crippen molar-refractivity contribution in [2.45, 2.75) is 31.0 Å². The molecule has 3 atom stereocenters. The molecule has 0 radical (unpaired) electrons. The number of hydrogen-bond acceptors (Lipinski definition) is 6. The van der Waals surface area contributed by atoms with Gasteiger partial charge in [0.15, 0.2) is 5.84 Å². The van der Waals surface area contributed by atoms with Crippen molar-refractivity contribution in [2.75, 3.05) is 20.1 Å². The van der Waals surface area contributed by atoms with Crippen LogP contribution in [-0.2, 0) is 0 Å². The van der Waals surface area contributed by atoms with Crippen LogP contribution >= 0.6 is 0 Å². The lowest BCUT2D eigenvalue weighted by molar-refractivity contribution is 0.171. The summed E-state index contributed by atoms with van der Waals surface area (Å²) in [5.74, 6) is 0.977. The molecule has 0 aliphatic carbocycles. The number of piperazine rings is 1. The maximum Gasteiger partial charge on any atom is 0.161 e. The Hall–Kier alpha value is -1.63. The van der Waals surface area contributed by atoms with E-state index < -0.39 is 0 Å². The Balaban J connectivity index is 1.65. The van der Waals surface area contributed by atoms with E-state index in [0.717, 1.165) is 18.9 Å². The number of likely N-dealkylation sites (tertiary alicyclic amines) is 1. The fourth-order valence-corrected chi connectivity index (χ4v) is 3.69. The van der Waals surface area contributed by atoms with Crippen molar-refractivity contribution < 1.29 is 0 Å². The molecule has 2 saturated heterocycles. The minimum Gasteiger partial charge on any atom is -0.309 e. The predicted molar refractivity (Wildman–Crippen MR) is 82.2 cm³/mol. The lowest BCUT2D eigenvalue weighted by atomic mass is 10.0. The zero-order chi connectivity index (χ0) is 14.2. The summed E-state index contributed by atoms with van der Waals surface area (Å²) in [6.07, 6.45) is 2.58. The van der Waals surface area contributed by atoms with E-state index in [2.05, 4.69) is 56.6 Å². The van der Waals surface area contributed by atoms with Gasteiger partial charge in [0.25, 0.3) is 0 Å². The molecule has 3 aliphatic heterocycles. The summed E-state index contributed by atoms with van der Waals surface area (Å²) in [4.78, 5) is 2.56. The van der Waals surface area contributed by atoms with Gasteiger partial charge in [0.1, 0.15) is 0 Å². The molecule has 1 aromatic carbocycles. The van der Waals surface area contributed by atoms with Gasteiger partial charge in [-0.3, -0.25) is 10.3 Å². The Labute approximate surface area is 125 Å². The van der Waals surface area contributed by atoms with Crippen LogP contribution in [0.15, 0.2) is 35.4 Å². The number of fused-ring (bicyclic) bond motifs is 2. The average molecular weight is 286 g/mol. The van der Waals surface area contributed by atoms with Gasteiger partial charge in [0, 0.05) is 32.2 Å². The van der Waals surface area contributed by atoms with Crippen LogP contribution in [0.1, 0.15) is 24.4 Å². The van der Waals surface area contributed by atoms with E-state index >= 15 is 0 Å². The number of benzene rings is 1. The van der Waals surface area contributed by atoms with Gasteiger partial charge in [0.05, 0.1) is 6.04 Å². The Morgan fingerprint density at radius 1 is 1.14 bits per heavy atom. The second kappa shape index (κ2) is 5.29. The van der Waals surface area contributed by atoms with Gasteiger partial charge in [0.2, 0.25) is 0 Å². The molecule has 112 valence electrons. The molecular formula is C15H22N6. The van der Waals surface area contributed by atoms with Crippen LogP contribution in [0.3, 0.4) is 0 Å². The van der Waals surface area contributed by atoms with E-state index in [1.807, 2.05) is 7.05 Å². The number of rotatable bonds is 3. The van der Waals surface area contributed by atoms with Gasteiger partial charge in [-0.25, -0.2) is 5.12 Å². The summed E-state index contributed by atoms with van der Waals surface area (Å²) in [5.41, 5.74) is 7.54. The Kier molecular flexibility index (Phi) is 3.29. The first-order chi connectivity index (χ1) is 10.3. The molecule has 6 nitrogen and oxygen atoms in total. The minimum atomic E-state index is 0.189. The minimum absolute atomic E-state index is 0.189. The SMILES string of the molecule is CN1N=C(C(c2ccccc2)N2CC3CCC(C2)N3)NN1. The van der Waals surface area contributed by atoms with Gasteiger partial charge in [-0.1, -0.05) is 30.3 Å². The second-order valence-corrected chi connectivity index (χ2v) is 6.15. The molecule has 0 aromatic heterocycles. The number of hydrazine groups is 2. The molecule has 4 rings (SSSR count). The number of hydrazone groups is 1. The third kappa shape index (κ3) is 2.50. The van der Waals surface area contributed by atoms with Gasteiger partial charge in [-0.2, -0.15) is 0 Å². The molecule has 3 unspecified atom stereocenters. The standard InChI is InChI=1S/C15H22N6/c1-20-18-15(17-19-20)14(11-5-3-2-4-6-11)21-9-12-7-8-13(10-21)16-12/h2-6,12-14,16,19H,7-10H2,1H3,(H,17,18). The molecular weight excluding hydrogens is 264 g/mol.